The van der Waals surface area contributed by atoms with Crippen LogP contribution in [0.25, 0.3) is 59.9 Å². The molecule has 0 saturated carbocycles. The van der Waals surface area contributed by atoms with Crippen molar-refractivity contribution < 1.29 is 0 Å². The Morgan fingerprint density at radius 1 is 0.619 bits per heavy atom. The third kappa shape index (κ3) is 4.63. The summed E-state index contributed by atoms with van der Waals surface area (Å²) in [5, 5.41) is 31.1. The molecule has 6 aromatic rings. The first-order valence-electron chi connectivity index (χ1n) is 13.4. The maximum atomic E-state index is 9.42. The molecule has 0 fully saturated rings. The zero-order valence-corrected chi connectivity index (χ0v) is 23.1. The van der Waals surface area contributed by atoms with E-state index >= 15 is 0 Å². The van der Waals surface area contributed by atoms with E-state index in [0.717, 1.165) is 65.8 Å². The lowest BCUT2D eigenvalue weighted by Gasteiger charge is -2.12. The van der Waals surface area contributed by atoms with E-state index in [4.69, 9.17) is 4.98 Å². The molecule has 0 spiro atoms. The van der Waals surface area contributed by atoms with E-state index in [0.29, 0.717) is 16.7 Å². The third-order valence-electron chi connectivity index (χ3n) is 7.55. The van der Waals surface area contributed by atoms with Crippen LogP contribution in [0.4, 0.5) is 0 Å². The van der Waals surface area contributed by atoms with Crippen LogP contribution in [0.5, 0.6) is 0 Å². The Bertz CT molecular complexity index is 2260. The van der Waals surface area contributed by atoms with Gasteiger partial charge >= 0.3 is 0 Å². The summed E-state index contributed by atoms with van der Waals surface area (Å²) < 4.78 is 0.979. The van der Waals surface area contributed by atoms with Gasteiger partial charge in [-0.15, -0.1) is 11.3 Å². The molecular weight excluding hydrogens is 533 g/mol. The molecule has 0 bridgehead atoms. The Morgan fingerprint density at radius 2 is 1.31 bits per heavy atom. The van der Waals surface area contributed by atoms with E-state index in [1.165, 1.54) is 5.56 Å². The van der Waals surface area contributed by atoms with Gasteiger partial charge in [-0.1, -0.05) is 42.5 Å². The standard InChI is InChI=1S/C37H20N4S/c38-20-23-2-1-3-26-15-30(9-7-27(26)12-23)32-17-33(31-10-8-28-13-24(21-39)4-6-29(28)16-31)19-34(18-32)37-41-35-11-5-25(22-40)14-36(35)42-37/h1-2,4-19H,3H2. The summed E-state index contributed by atoms with van der Waals surface area (Å²) in [6.07, 6.45) is 6.61. The van der Waals surface area contributed by atoms with Gasteiger partial charge in [0, 0.05) is 5.56 Å². The first-order chi connectivity index (χ1) is 20.6. The number of thiazole rings is 1. The fraction of sp³-hybridized carbons (Fsp3) is 0.0270. The SMILES string of the molecule is N#CC1=Cc2ccc(-c3cc(-c4ccc5cc(C#N)ccc5c4)cc(-c4nc5ccc(C#N)cc5s4)c3)cc2CC=C1. The quantitative estimate of drug-likeness (QED) is 0.219. The van der Waals surface area contributed by atoms with Crippen molar-refractivity contribution in [3.8, 4) is 51.0 Å². The molecule has 5 aromatic carbocycles. The number of nitriles is 3. The second kappa shape index (κ2) is 10.3. The van der Waals surface area contributed by atoms with Crippen molar-refractivity contribution in [2.75, 3.05) is 0 Å². The molecule has 5 heteroatoms. The molecule has 4 nitrogen and oxygen atoms in total. The highest BCUT2D eigenvalue weighted by molar-refractivity contribution is 7.21. The van der Waals surface area contributed by atoms with Gasteiger partial charge in [-0.2, -0.15) is 15.8 Å². The number of rotatable bonds is 3. The van der Waals surface area contributed by atoms with Gasteiger partial charge < -0.3 is 0 Å². The smallest absolute Gasteiger partial charge is 0.124 e. The summed E-state index contributed by atoms with van der Waals surface area (Å²) in [6.45, 7) is 0. The van der Waals surface area contributed by atoms with Gasteiger partial charge in [0.05, 0.1) is 45.1 Å². The molecule has 0 radical (unpaired) electrons. The normalized spacial score (nSPS) is 12.2. The number of benzene rings is 5. The van der Waals surface area contributed by atoms with Crippen molar-refractivity contribution in [3.63, 3.8) is 0 Å². The van der Waals surface area contributed by atoms with Crippen molar-refractivity contribution in [1.82, 2.24) is 4.98 Å². The predicted molar refractivity (Wildman–Crippen MR) is 169 cm³/mol. The minimum absolute atomic E-state index is 0.621. The first-order valence-corrected chi connectivity index (χ1v) is 14.2. The van der Waals surface area contributed by atoms with Gasteiger partial charge in [-0.05, 0) is 117 Å². The van der Waals surface area contributed by atoms with Gasteiger partial charge in [0.1, 0.15) is 5.01 Å². The number of hydrogen-bond acceptors (Lipinski definition) is 5. The second-order valence-corrected chi connectivity index (χ2v) is 11.3. The maximum absolute atomic E-state index is 9.42. The summed E-state index contributed by atoms with van der Waals surface area (Å²) in [6, 6.07) is 37.3. The van der Waals surface area contributed by atoms with Crippen LogP contribution in [-0.4, -0.2) is 4.98 Å². The van der Waals surface area contributed by atoms with Crippen LogP contribution in [-0.2, 0) is 6.42 Å². The van der Waals surface area contributed by atoms with Crippen LogP contribution < -0.4 is 0 Å². The van der Waals surface area contributed by atoms with Crippen LogP contribution >= 0.6 is 11.3 Å². The third-order valence-corrected chi connectivity index (χ3v) is 8.62. The molecule has 0 unspecified atom stereocenters. The van der Waals surface area contributed by atoms with E-state index < -0.39 is 0 Å². The van der Waals surface area contributed by atoms with E-state index in [-0.39, 0.29) is 0 Å². The molecule has 1 aliphatic carbocycles. The zero-order valence-electron chi connectivity index (χ0n) is 22.3. The van der Waals surface area contributed by atoms with E-state index in [1.54, 1.807) is 17.4 Å². The molecule has 0 N–H and O–H groups in total. The highest BCUT2D eigenvalue weighted by atomic mass is 32.1. The molecule has 42 heavy (non-hydrogen) atoms. The second-order valence-electron chi connectivity index (χ2n) is 10.2. The average molecular weight is 553 g/mol. The molecule has 0 amide bonds. The first kappa shape index (κ1) is 25.2. The van der Waals surface area contributed by atoms with E-state index in [2.05, 4.69) is 72.8 Å². The summed E-state index contributed by atoms with van der Waals surface area (Å²) in [7, 11) is 0. The van der Waals surface area contributed by atoms with Gasteiger partial charge in [-0.25, -0.2) is 4.98 Å². The molecule has 0 atom stereocenters. The molecule has 0 aliphatic heterocycles. The fourth-order valence-corrected chi connectivity index (χ4v) is 6.39. The van der Waals surface area contributed by atoms with Gasteiger partial charge in [0.25, 0.3) is 0 Å². The van der Waals surface area contributed by atoms with Crippen molar-refractivity contribution in [2.45, 2.75) is 6.42 Å². The number of fused-ring (bicyclic) bond motifs is 3. The molecule has 1 aromatic heterocycles. The van der Waals surface area contributed by atoms with Crippen molar-refractivity contribution in [1.29, 1.82) is 15.8 Å². The Hall–Kier alpha value is -5.80. The van der Waals surface area contributed by atoms with Gasteiger partial charge in [0.2, 0.25) is 0 Å². The largest absolute Gasteiger partial charge is 0.236 e. The number of nitrogens with zero attached hydrogens (tertiary/aromatic N) is 4. The molecule has 1 heterocycles. The summed E-state index contributed by atoms with van der Waals surface area (Å²) >= 11 is 1.58. The lowest BCUT2D eigenvalue weighted by Crippen LogP contribution is -1.90. The Kier molecular flexibility index (Phi) is 6.18. The summed E-state index contributed by atoms with van der Waals surface area (Å²) in [5.41, 5.74) is 10.3. The van der Waals surface area contributed by atoms with Gasteiger partial charge in [-0.3, -0.25) is 0 Å². The predicted octanol–water partition coefficient (Wildman–Crippen LogP) is 9.21. The van der Waals surface area contributed by atoms with Crippen LogP contribution in [0, 0.1) is 34.0 Å². The van der Waals surface area contributed by atoms with Crippen LogP contribution in [0.3, 0.4) is 0 Å². The Labute approximate surface area is 247 Å². The number of aromatic nitrogens is 1. The van der Waals surface area contributed by atoms with E-state index in [1.807, 2.05) is 48.6 Å². The minimum atomic E-state index is 0.621. The minimum Gasteiger partial charge on any atom is -0.236 e. The monoisotopic (exact) mass is 552 g/mol. The van der Waals surface area contributed by atoms with Crippen LogP contribution in [0.1, 0.15) is 22.3 Å². The lowest BCUT2D eigenvalue weighted by molar-refractivity contribution is 1.27. The van der Waals surface area contributed by atoms with Crippen LogP contribution in [0.15, 0.2) is 109 Å². The Morgan fingerprint density at radius 3 is 2.12 bits per heavy atom. The molecule has 1 aliphatic rings. The Balaban J connectivity index is 1.40. The maximum Gasteiger partial charge on any atom is 0.124 e. The fourth-order valence-electron chi connectivity index (χ4n) is 5.40. The number of hydrogen-bond donors (Lipinski definition) is 0. The lowest BCUT2D eigenvalue weighted by atomic mass is 9.92. The molecular formula is C37H20N4S. The van der Waals surface area contributed by atoms with Crippen LogP contribution in [0.2, 0.25) is 0 Å². The highest BCUT2D eigenvalue weighted by Crippen LogP contribution is 2.38. The zero-order chi connectivity index (χ0) is 28.6. The molecule has 7 rings (SSSR count). The number of allylic oxidation sites excluding steroid dienone is 3. The highest BCUT2D eigenvalue weighted by Gasteiger charge is 2.14. The van der Waals surface area contributed by atoms with Gasteiger partial charge in [0.15, 0.2) is 0 Å². The average Bonchev–Trinajstić information content (AvgIpc) is 3.36. The van der Waals surface area contributed by atoms with Crippen molar-refractivity contribution in [2.24, 2.45) is 0 Å². The van der Waals surface area contributed by atoms with Crippen molar-refractivity contribution >= 4 is 38.4 Å². The topological polar surface area (TPSA) is 84.3 Å². The van der Waals surface area contributed by atoms with Crippen molar-refractivity contribution in [3.05, 3.63) is 131 Å². The van der Waals surface area contributed by atoms with E-state index in [9.17, 15) is 15.8 Å². The summed E-state index contributed by atoms with van der Waals surface area (Å²) in [5.74, 6) is 0. The molecule has 194 valence electrons. The molecule has 0 saturated heterocycles. The summed E-state index contributed by atoms with van der Waals surface area (Å²) in [4.78, 5) is 4.93.